The van der Waals surface area contributed by atoms with Crippen molar-refractivity contribution in [2.24, 2.45) is 5.73 Å². The van der Waals surface area contributed by atoms with Gasteiger partial charge in [0.05, 0.1) is 0 Å². The van der Waals surface area contributed by atoms with Crippen molar-refractivity contribution < 1.29 is 0 Å². The van der Waals surface area contributed by atoms with Crippen molar-refractivity contribution in [3.63, 3.8) is 0 Å². The van der Waals surface area contributed by atoms with Crippen LogP contribution in [-0.2, 0) is 0 Å². The number of rotatable bonds is 4. The lowest BCUT2D eigenvalue weighted by molar-refractivity contribution is 0.128. The highest BCUT2D eigenvalue weighted by Gasteiger charge is 2.29. The number of piperidine rings is 1. The first-order chi connectivity index (χ1) is 8.76. The van der Waals surface area contributed by atoms with Gasteiger partial charge in [0, 0.05) is 17.0 Å². The van der Waals surface area contributed by atoms with E-state index in [1.54, 1.807) is 11.8 Å². The molecule has 2 N–H and O–H groups in total. The van der Waals surface area contributed by atoms with E-state index in [0.717, 1.165) is 13.0 Å². The molecule has 18 heavy (non-hydrogen) atoms. The van der Waals surface area contributed by atoms with Crippen molar-refractivity contribution in [3.05, 3.63) is 29.8 Å². The zero-order valence-corrected chi connectivity index (χ0v) is 12.2. The molecule has 0 saturated carbocycles. The number of nitrogens with zero attached hydrogens (tertiary/aromatic N) is 1. The van der Waals surface area contributed by atoms with Crippen molar-refractivity contribution in [2.45, 2.75) is 43.2 Å². The van der Waals surface area contributed by atoms with E-state index < -0.39 is 0 Å². The molecule has 0 radical (unpaired) electrons. The Bertz CT molecular complexity index is 361. The molecule has 2 atom stereocenters. The molecule has 1 aliphatic heterocycles. The number of nitrogens with two attached hydrogens (primary N) is 1. The largest absolute Gasteiger partial charge is 0.326 e. The van der Waals surface area contributed by atoms with Crippen LogP contribution in [0.3, 0.4) is 0 Å². The molecule has 1 fully saturated rings. The molecule has 1 aromatic carbocycles. The van der Waals surface area contributed by atoms with Gasteiger partial charge in [-0.05, 0) is 56.3 Å². The molecule has 0 aliphatic carbocycles. The first-order valence-corrected chi connectivity index (χ1v) is 8.12. The third kappa shape index (κ3) is 3.08. The van der Waals surface area contributed by atoms with E-state index in [9.17, 15) is 0 Å². The molecule has 1 heterocycles. The molecule has 1 saturated heterocycles. The normalized spacial score (nSPS) is 25.3. The lowest BCUT2D eigenvalue weighted by atomic mass is 9.91. The Hall–Kier alpha value is -0.510. The third-order valence-corrected chi connectivity index (χ3v) is 4.49. The summed E-state index contributed by atoms with van der Waals surface area (Å²) in [6, 6.07) is 9.63. The van der Waals surface area contributed by atoms with Crippen LogP contribution in [0, 0.1) is 0 Å². The van der Waals surface area contributed by atoms with Gasteiger partial charge in [-0.15, -0.1) is 11.8 Å². The fourth-order valence-corrected chi connectivity index (χ4v) is 3.30. The number of likely N-dealkylation sites (tertiary alicyclic amines) is 1. The van der Waals surface area contributed by atoms with Crippen LogP contribution in [0.2, 0.25) is 0 Å². The van der Waals surface area contributed by atoms with Crippen LogP contribution in [0.25, 0.3) is 0 Å². The molecule has 0 aromatic heterocycles. The van der Waals surface area contributed by atoms with Gasteiger partial charge < -0.3 is 5.73 Å². The Labute approximate surface area is 115 Å². The summed E-state index contributed by atoms with van der Waals surface area (Å²) in [5.74, 6) is 0. The first-order valence-electron chi connectivity index (χ1n) is 6.90. The summed E-state index contributed by atoms with van der Waals surface area (Å²) >= 11 is 1.79. The monoisotopic (exact) mass is 264 g/mol. The van der Waals surface area contributed by atoms with Crippen molar-refractivity contribution in [3.8, 4) is 0 Å². The molecular formula is C15H24N2S. The summed E-state index contributed by atoms with van der Waals surface area (Å²) in [7, 11) is 0. The zero-order chi connectivity index (χ0) is 13.0. The van der Waals surface area contributed by atoms with Crippen molar-refractivity contribution in [1.82, 2.24) is 4.90 Å². The van der Waals surface area contributed by atoms with Gasteiger partial charge in [0.1, 0.15) is 0 Å². The van der Waals surface area contributed by atoms with E-state index in [-0.39, 0.29) is 6.04 Å². The maximum atomic E-state index is 6.36. The van der Waals surface area contributed by atoms with Gasteiger partial charge >= 0.3 is 0 Å². The number of thioether (sulfide) groups is 1. The lowest BCUT2D eigenvalue weighted by Gasteiger charge is -2.40. The van der Waals surface area contributed by atoms with Crippen molar-refractivity contribution in [2.75, 3.05) is 19.3 Å². The van der Waals surface area contributed by atoms with Crippen LogP contribution < -0.4 is 5.73 Å². The van der Waals surface area contributed by atoms with Crippen LogP contribution in [0.15, 0.2) is 29.2 Å². The van der Waals surface area contributed by atoms with Gasteiger partial charge in [-0.3, -0.25) is 4.90 Å². The van der Waals surface area contributed by atoms with Crippen LogP contribution in [-0.4, -0.2) is 30.3 Å². The summed E-state index contributed by atoms with van der Waals surface area (Å²) in [6.07, 6.45) is 5.70. The predicted octanol–water partition coefficient (Wildman–Crippen LogP) is 3.28. The van der Waals surface area contributed by atoms with E-state index in [1.807, 2.05) is 0 Å². The highest BCUT2D eigenvalue weighted by Crippen LogP contribution is 2.31. The second-order valence-corrected chi connectivity index (χ2v) is 5.94. The van der Waals surface area contributed by atoms with E-state index >= 15 is 0 Å². The van der Waals surface area contributed by atoms with Crippen molar-refractivity contribution in [1.29, 1.82) is 0 Å². The average molecular weight is 264 g/mol. The molecule has 3 heteroatoms. The smallest absolute Gasteiger partial charge is 0.0499 e. The van der Waals surface area contributed by atoms with E-state index in [4.69, 9.17) is 5.73 Å². The molecule has 100 valence electrons. The Morgan fingerprint density at radius 2 is 2.06 bits per heavy atom. The molecular weight excluding hydrogens is 240 g/mol. The Kier molecular flexibility index (Phi) is 5.10. The summed E-state index contributed by atoms with van der Waals surface area (Å²) < 4.78 is 0. The van der Waals surface area contributed by atoms with Gasteiger partial charge in [-0.25, -0.2) is 0 Å². The molecule has 0 spiro atoms. The SMILES string of the molecule is CCCN1CCCC(N)C1c1ccc(SC)cc1. The molecule has 2 nitrogen and oxygen atoms in total. The fraction of sp³-hybridized carbons (Fsp3) is 0.600. The summed E-state index contributed by atoms with van der Waals surface area (Å²) in [5, 5.41) is 0. The van der Waals surface area contributed by atoms with Gasteiger partial charge in [-0.2, -0.15) is 0 Å². The minimum absolute atomic E-state index is 0.283. The Balaban J connectivity index is 2.19. The summed E-state index contributed by atoms with van der Waals surface area (Å²) in [4.78, 5) is 3.88. The molecule has 2 unspecified atom stereocenters. The highest BCUT2D eigenvalue weighted by molar-refractivity contribution is 7.98. The highest BCUT2D eigenvalue weighted by atomic mass is 32.2. The number of benzene rings is 1. The number of hydrogen-bond acceptors (Lipinski definition) is 3. The fourth-order valence-electron chi connectivity index (χ4n) is 2.90. The minimum Gasteiger partial charge on any atom is -0.326 e. The van der Waals surface area contributed by atoms with Gasteiger partial charge in [-0.1, -0.05) is 19.1 Å². The lowest BCUT2D eigenvalue weighted by Crippen LogP contribution is -2.46. The van der Waals surface area contributed by atoms with Gasteiger partial charge in [0.25, 0.3) is 0 Å². The maximum Gasteiger partial charge on any atom is 0.0499 e. The molecule has 1 aromatic rings. The van der Waals surface area contributed by atoms with Crippen LogP contribution in [0.5, 0.6) is 0 Å². The predicted molar refractivity (Wildman–Crippen MR) is 80.0 cm³/mol. The summed E-state index contributed by atoms with van der Waals surface area (Å²) in [5.41, 5.74) is 7.74. The second kappa shape index (κ2) is 6.60. The third-order valence-electron chi connectivity index (χ3n) is 3.75. The Morgan fingerprint density at radius 1 is 1.33 bits per heavy atom. The van der Waals surface area contributed by atoms with Crippen LogP contribution in [0.1, 0.15) is 37.8 Å². The molecule has 2 rings (SSSR count). The zero-order valence-electron chi connectivity index (χ0n) is 11.4. The van der Waals surface area contributed by atoms with E-state index in [2.05, 4.69) is 42.3 Å². The first kappa shape index (κ1) is 13.9. The van der Waals surface area contributed by atoms with Crippen LogP contribution in [0.4, 0.5) is 0 Å². The standard InChI is InChI=1S/C15H24N2S/c1-3-10-17-11-4-5-14(16)15(17)12-6-8-13(18-2)9-7-12/h6-9,14-15H,3-5,10-11,16H2,1-2H3. The molecule has 0 bridgehead atoms. The van der Waals surface area contributed by atoms with Gasteiger partial charge in [0.2, 0.25) is 0 Å². The van der Waals surface area contributed by atoms with E-state index in [1.165, 1.54) is 29.8 Å². The van der Waals surface area contributed by atoms with Crippen molar-refractivity contribution >= 4 is 11.8 Å². The molecule has 0 amide bonds. The number of hydrogen-bond donors (Lipinski definition) is 1. The maximum absolute atomic E-state index is 6.36. The minimum atomic E-state index is 0.283. The average Bonchev–Trinajstić information content (AvgIpc) is 2.40. The Morgan fingerprint density at radius 3 is 2.67 bits per heavy atom. The topological polar surface area (TPSA) is 29.3 Å². The second-order valence-electron chi connectivity index (χ2n) is 5.06. The van der Waals surface area contributed by atoms with Crippen LogP contribution >= 0.6 is 11.8 Å². The summed E-state index contributed by atoms with van der Waals surface area (Å²) in [6.45, 7) is 4.59. The van der Waals surface area contributed by atoms with E-state index in [0.29, 0.717) is 6.04 Å². The molecule has 1 aliphatic rings. The quantitative estimate of drug-likeness (QED) is 0.846. The van der Waals surface area contributed by atoms with Gasteiger partial charge in [0.15, 0.2) is 0 Å².